The van der Waals surface area contributed by atoms with Crippen LogP contribution in [0.25, 0.3) is 5.69 Å². The SMILES string of the molecule is Cc1cc(OCCSc2nnc(C3CCCCC3)n2-c2ccccc2)ccc1Cl. The lowest BCUT2D eigenvalue weighted by Gasteiger charge is -2.22. The second kappa shape index (κ2) is 9.68. The van der Waals surface area contributed by atoms with Crippen LogP contribution >= 0.6 is 23.4 Å². The maximum atomic E-state index is 6.09. The largest absolute Gasteiger partial charge is 0.493 e. The van der Waals surface area contributed by atoms with Crippen LogP contribution < -0.4 is 4.74 Å². The molecule has 0 N–H and O–H groups in total. The molecule has 152 valence electrons. The monoisotopic (exact) mass is 427 g/mol. The molecule has 0 bridgehead atoms. The summed E-state index contributed by atoms with van der Waals surface area (Å²) in [6, 6.07) is 16.2. The third-order valence-electron chi connectivity index (χ3n) is 5.36. The molecule has 1 aromatic heterocycles. The van der Waals surface area contributed by atoms with Crippen LogP contribution in [-0.4, -0.2) is 27.1 Å². The van der Waals surface area contributed by atoms with Crippen molar-refractivity contribution < 1.29 is 4.74 Å². The summed E-state index contributed by atoms with van der Waals surface area (Å²) in [5.41, 5.74) is 2.16. The first kappa shape index (κ1) is 20.3. The van der Waals surface area contributed by atoms with Gasteiger partial charge in [0.05, 0.1) is 6.61 Å². The third kappa shape index (κ3) is 4.96. The van der Waals surface area contributed by atoms with E-state index in [0.717, 1.165) is 38.8 Å². The van der Waals surface area contributed by atoms with Gasteiger partial charge in [-0.1, -0.05) is 60.8 Å². The van der Waals surface area contributed by atoms with E-state index in [2.05, 4.69) is 39.0 Å². The van der Waals surface area contributed by atoms with Gasteiger partial charge in [0.1, 0.15) is 11.6 Å². The molecule has 0 atom stereocenters. The van der Waals surface area contributed by atoms with Gasteiger partial charge < -0.3 is 4.74 Å². The molecule has 1 fully saturated rings. The lowest BCUT2D eigenvalue weighted by atomic mass is 9.88. The van der Waals surface area contributed by atoms with Crippen molar-refractivity contribution in [2.45, 2.75) is 50.1 Å². The number of aryl methyl sites for hydroxylation is 1. The normalized spacial score (nSPS) is 14.8. The van der Waals surface area contributed by atoms with Crippen molar-refractivity contribution in [3.8, 4) is 11.4 Å². The number of halogens is 1. The first-order valence-corrected chi connectivity index (χ1v) is 11.6. The Morgan fingerprint density at radius 2 is 1.86 bits per heavy atom. The zero-order chi connectivity index (χ0) is 20.1. The van der Waals surface area contributed by atoms with Crippen molar-refractivity contribution in [2.24, 2.45) is 0 Å². The van der Waals surface area contributed by atoms with Crippen molar-refractivity contribution in [1.29, 1.82) is 0 Å². The van der Waals surface area contributed by atoms with Gasteiger partial charge in [0.15, 0.2) is 5.16 Å². The highest BCUT2D eigenvalue weighted by Crippen LogP contribution is 2.34. The van der Waals surface area contributed by atoms with Crippen LogP contribution in [0.5, 0.6) is 5.75 Å². The standard InChI is InChI=1S/C23H26ClN3OS/c1-17-16-20(12-13-21(17)24)28-14-15-29-23-26-25-22(18-8-4-2-5-9-18)27(23)19-10-6-3-7-11-19/h3,6-7,10-13,16,18H,2,4-5,8-9,14-15H2,1H3. The van der Waals surface area contributed by atoms with Gasteiger partial charge >= 0.3 is 0 Å². The first-order chi connectivity index (χ1) is 14.2. The van der Waals surface area contributed by atoms with E-state index >= 15 is 0 Å². The van der Waals surface area contributed by atoms with Crippen LogP contribution in [0.1, 0.15) is 49.4 Å². The number of thioether (sulfide) groups is 1. The van der Waals surface area contributed by atoms with Crippen molar-refractivity contribution in [3.05, 3.63) is 64.9 Å². The molecule has 1 aliphatic rings. The second-order valence-corrected chi connectivity index (χ2v) is 8.92. The summed E-state index contributed by atoms with van der Waals surface area (Å²) < 4.78 is 8.14. The van der Waals surface area contributed by atoms with Crippen molar-refractivity contribution in [1.82, 2.24) is 14.8 Å². The summed E-state index contributed by atoms with van der Waals surface area (Å²) in [5.74, 6) is 3.25. The number of hydrogen-bond acceptors (Lipinski definition) is 4. The Hall–Kier alpha value is -1.98. The molecular weight excluding hydrogens is 402 g/mol. The third-order valence-corrected chi connectivity index (χ3v) is 6.67. The number of nitrogens with zero attached hydrogens (tertiary/aromatic N) is 3. The number of aromatic nitrogens is 3. The number of rotatable bonds is 7. The Morgan fingerprint density at radius 3 is 2.62 bits per heavy atom. The van der Waals surface area contributed by atoms with Gasteiger partial charge in [-0.15, -0.1) is 10.2 Å². The van der Waals surface area contributed by atoms with E-state index in [0.29, 0.717) is 12.5 Å². The lowest BCUT2D eigenvalue weighted by Crippen LogP contribution is -2.12. The fourth-order valence-electron chi connectivity index (χ4n) is 3.82. The minimum Gasteiger partial charge on any atom is -0.493 e. The average Bonchev–Trinajstić information content (AvgIpc) is 3.19. The molecule has 4 rings (SSSR count). The molecule has 1 heterocycles. The number of benzene rings is 2. The molecule has 0 amide bonds. The van der Waals surface area contributed by atoms with E-state index in [9.17, 15) is 0 Å². The van der Waals surface area contributed by atoms with Crippen LogP contribution in [0.4, 0.5) is 0 Å². The highest BCUT2D eigenvalue weighted by Gasteiger charge is 2.24. The van der Waals surface area contributed by atoms with Gasteiger partial charge in [-0.05, 0) is 55.7 Å². The summed E-state index contributed by atoms with van der Waals surface area (Å²) in [6.07, 6.45) is 6.30. The molecule has 1 aliphatic carbocycles. The summed E-state index contributed by atoms with van der Waals surface area (Å²) in [7, 11) is 0. The summed E-state index contributed by atoms with van der Waals surface area (Å²) in [5, 5.41) is 10.9. The van der Waals surface area contributed by atoms with Crippen LogP contribution in [0.15, 0.2) is 53.7 Å². The van der Waals surface area contributed by atoms with Gasteiger partial charge in [-0.2, -0.15) is 0 Å². The molecule has 2 aromatic carbocycles. The fraction of sp³-hybridized carbons (Fsp3) is 0.391. The molecule has 6 heteroatoms. The van der Waals surface area contributed by atoms with E-state index < -0.39 is 0 Å². The van der Waals surface area contributed by atoms with E-state index in [4.69, 9.17) is 16.3 Å². The lowest BCUT2D eigenvalue weighted by molar-refractivity contribution is 0.343. The highest BCUT2D eigenvalue weighted by molar-refractivity contribution is 7.99. The van der Waals surface area contributed by atoms with Crippen molar-refractivity contribution in [2.75, 3.05) is 12.4 Å². The summed E-state index contributed by atoms with van der Waals surface area (Å²) >= 11 is 7.78. The molecular formula is C23H26ClN3OS. The van der Waals surface area contributed by atoms with E-state index in [1.165, 1.54) is 32.1 Å². The minimum absolute atomic E-state index is 0.499. The number of ether oxygens (including phenoxy) is 1. The quantitative estimate of drug-likeness (QED) is 0.321. The molecule has 0 aliphatic heterocycles. The Balaban J connectivity index is 1.46. The summed E-state index contributed by atoms with van der Waals surface area (Å²) in [6.45, 7) is 2.59. The molecule has 4 nitrogen and oxygen atoms in total. The van der Waals surface area contributed by atoms with Crippen molar-refractivity contribution >= 4 is 23.4 Å². The zero-order valence-electron chi connectivity index (χ0n) is 16.7. The Morgan fingerprint density at radius 1 is 1.07 bits per heavy atom. The highest BCUT2D eigenvalue weighted by atomic mass is 35.5. The smallest absolute Gasteiger partial charge is 0.195 e. The Kier molecular flexibility index (Phi) is 6.78. The summed E-state index contributed by atoms with van der Waals surface area (Å²) in [4.78, 5) is 0. The molecule has 0 spiro atoms. The molecule has 1 saturated carbocycles. The topological polar surface area (TPSA) is 39.9 Å². The minimum atomic E-state index is 0.499. The van der Waals surface area contributed by atoms with Crippen LogP contribution in [0, 0.1) is 6.92 Å². The maximum absolute atomic E-state index is 6.09. The van der Waals surface area contributed by atoms with Crippen LogP contribution in [0.2, 0.25) is 5.02 Å². The predicted molar refractivity (Wildman–Crippen MR) is 120 cm³/mol. The molecule has 3 aromatic rings. The van der Waals surface area contributed by atoms with Gasteiger partial charge in [-0.25, -0.2) is 0 Å². The Labute approximate surface area is 181 Å². The zero-order valence-corrected chi connectivity index (χ0v) is 18.3. The molecule has 0 radical (unpaired) electrons. The van der Waals surface area contributed by atoms with Gasteiger partial charge in [-0.3, -0.25) is 4.57 Å². The molecule has 0 saturated heterocycles. The second-order valence-electron chi connectivity index (χ2n) is 7.45. The van der Waals surface area contributed by atoms with Crippen LogP contribution in [-0.2, 0) is 0 Å². The predicted octanol–water partition coefficient (Wildman–Crippen LogP) is 6.45. The number of para-hydroxylation sites is 1. The average molecular weight is 428 g/mol. The first-order valence-electron chi connectivity index (χ1n) is 10.2. The number of hydrogen-bond donors (Lipinski definition) is 0. The van der Waals surface area contributed by atoms with E-state index in [1.54, 1.807) is 11.8 Å². The van der Waals surface area contributed by atoms with E-state index in [-0.39, 0.29) is 0 Å². The van der Waals surface area contributed by atoms with Gasteiger partial charge in [0, 0.05) is 22.4 Å². The molecule has 29 heavy (non-hydrogen) atoms. The van der Waals surface area contributed by atoms with Crippen molar-refractivity contribution in [3.63, 3.8) is 0 Å². The van der Waals surface area contributed by atoms with Gasteiger partial charge in [0.2, 0.25) is 0 Å². The fourth-order valence-corrected chi connectivity index (χ4v) is 4.71. The maximum Gasteiger partial charge on any atom is 0.195 e. The van der Waals surface area contributed by atoms with Gasteiger partial charge in [0.25, 0.3) is 0 Å². The molecule has 0 unspecified atom stereocenters. The Bertz CT molecular complexity index is 939. The van der Waals surface area contributed by atoms with Crippen LogP contribution in [0.3, 0.4) is 0 Å². The van der Waals surface area contributed by atoms with E-state index in [1.807, 2.05) is 31.2 Å².